The largest absolute Gasteiger partial charge is 0.491 e. The lowest BCUT2D eigenvalue weighted by Gasteiger charge is -2.39. The van der Waals surface area contributed by atoms with E-state index in [2.05, 4.69) is 0 Å². The van der Waals surface area contributed by atoms with E-state index in [1.54, 1.807) is 30.0 Å². The van der Waals surface area contributed by atoms with Gasteiger partial charge < -0.3 is 24.8 Å². The Morgan fingerprint density at radius 1 is 1.28 bits per heavy atom. The van der Waals surface area contributed by atoms with Crippen molar-refractivity contribution in [3.05, 3.63) is 23.8 Å². The van der Waals surface area contributed by atoms with Gasteiger partial charge in [-0.05, 0) is 45.9 Å². The minimum atomic E-state index is -0.492. The summed E-state index contributed by atoms with van der Waals surface area (Å²) < 4.78 is 15.9. The first kappa shape index (κ1) is 18.9. The maximum Gasteiger partial charge on any atom is 0.410 e. The lowest BCUT2D eigenvalue weighted by molar-refractivity contribution is -0.00778. The summed E-state index contributed by atoms with van der Waals surface area (Å²) in [6.07, 6.45) is -0.304. The zero-order chi connectivity index (χ0) is 18.6. The number of ether oxygens (including phenoxy) is 3. The van der Waals surface area contributed by atoms with Gasteiger partial charge in [-0.3, -0.25) is 0 Å². The molecule has 138 valence electrons. The molecule has 7 nitrogen and oxygen atoms in total. The smallest absolute Gasteiger partial charge is 0.410 e. The summed E-state index contributed by atoms with van der Waals surface area (Å²) in [6, 6.07) is 4.82. The van der Waals surface area contributed by atoms with Gasteiger partial charge in [0.15, 0.2) is 0 Å². The molecule has 0 aliphatic carbocycles. The number of amides is 1. The molecule has 0 unspecified atom stereocenters. The Morgan fingerprint density at radius 3 is 2.52 bits per heavy atom. The number of nitrogens with two attached hydrogens (primary N) is 1. The quantitative estimate of drug-likeness (QED) is 0.648. The Bertz CT molecular complexity index is 633. The molecule has 2 N–H and O–H groups in total. The van der Waals surface area contributed by atoms with Crippen molar-refractivity contribution in [1.29, 1.82) is 0 Å². The van der Waals surface area contributed by atoms with Crippen LogP contribution in [0.5, 0.6) is 5.75 Å². The summed E-state index contributed by atoms with van der Waals surface area (Å²) in [5, 5.41) is 0. The summed E-state index contributed by atoms with van der Waals surface area (Å²) in [7, 11) is 0. The molecule has 1 heterocycles. The van der Waals surface area contributed by atoms with Gasteiger partial charge in [-0.25, -0.2) is 9.59 Å². The van der Waals surface area contributed by atoms with Crippen molar-refractivity contribution in [3.8, 4) is 5.75 Å². The molecular weight excluding hydrogens is 324 g/mol. The minimum absolute atomic E-state index is 0.233. The van der Waals surface area contributed by atoms with Gasteiger partial charge in [-0.15, -0.1) is 0 Å². The van der Waals surface area contributed by atoms with Crippen molar-refractivity contribution >= 4 is 17.7 Å². The van der Waals surface area contributed by atoms with Gasteiger partial charge >= 0.3 is 12.1 Å². The van der Waals surface area contributed by atoms with Crippen molar-refractivity contribution in [2.75, 3.05) is 32.0 Å². The van der Waals surface area contributed by atoms with E-state index in [4.69, 9.17) is 19.9 Å². The van der Waals surface area contributed by atoms with Crippen molar-refractivity contribution in [1.82, 2.24) is 4.90 Å². The fourth-order valence-corrected chi connectivity index (χ4v) is 2.38. The van der Waals surface area contributed by atoms with Crippen molar-refractivity contribution in [3.63, 3.8) is 0 Å². The van der Waals surface area contributed by atoms with E-state index in [0.29, 0.717) is 43.3 Å². The highest BCUT2D eigenvalue weighted by Gasteiger charge is 2.34. The molecule has 0 spiro atoms. The van der Waals surface area contributed by atoms with E-state index in [1.807, 2.05) is 20.8 Å². The third-order valence-corrected chi connectivity index (χ3v) is 3.60. The number of likely N-dealkylation sites (tertiary alicyclic amines) is 1. The number of anilines is 1. The highest BCUT2D eigenvalue weighted by Crippen LogP contribution is 2.26. The van der Waals surface area contributed by atoms with Crippen LogP contribution in [0.3, 0.4) is 0 Å². The lowest BCUT2D eigenvalue weighted by Crippen LogP contribution is -2.53. The van der Waals surface area contributed by atoms with Gasteiger partial charge in [0, 0.05) is 19.0 Å². The molecule has 0 atom stereocenters. The predicted octanol–water partition coefficient (Wildman–Crippen LogP) is 2.69. The fraction of sp³-hybridized carbons (Fsp3) is 0.556. The zero-order valence-electron chi connectivity index (χ0n) is 15.2. The molecule has 1 aromatic rings. The average Bonchev–Trinajstić information content (AvgIpc) is 2.45. The normalized spacial score (nSPS) is 14.6. The monoisotopic (exact) mass is 350 g/mol. The second-order valence-electron chi connectivity index (χ2n) is 7.04. The summed E-state index contributed by atoms with van der Waals surface area (Å²) in [5.41, 5.74) is 6.21. The zero-order valence-corrected chi connectivity index (χ0v) is 15.2. The minimum Gasteiger partial charge on any atom is -0.491 e. The molecular formula is C18H26N2O5. The first-order valence-corrected chi connectivity index (χ1v) is 8.37. The second-order valence-corrected chi connectivity index (χ2v) is 7.04. The average molecular weight is 350 g/mol. The van der Waals surface area contributed by atoms with Crippen LogP contribution in [0, 0.1) is 5.92 Å². The Labute approximate surface area is 148 Å². The Kier molecular flexibility index (Phi) is 5.77. The molecule has 1 aromatic carbocycles. The van der Waals surface area contributed by atoms with E-state index < -0.39 is 11.6 Å². The van der Waals surface area contributed by atoms with Crippen LogP contribution in [0.15, 0.2) is 18.2 Å². The molecule has 25 heavy (non-hydrogen) atoms. The maximum absolute atomic E-state index is 11.9. The van der Waals surface area contributed by atoms with Gasteiger partial charge in [0.1, 0.15) is 11.4 Å². The third kappa shape index (κ3) is 5.27. The van der Waals surface area contributed by atoms with Crippen LogP contribution in [0.4, 0.5) is 10.5 Å². The number of benzene rings is 1. The van der Waals surface area contributed by atoms with Gasteiger partial charge in [0.25, 0.3) is 0 Å². The number of carbonyl (C=O) groups excluding carboxylic acids is 2. The van der Waals surface area contributed by atoms with Gasteiger partial charge in [0.2, 0.25) is 0 Å². The van der Waals surface area contributed by atoms with Crippen LogP contribution in [0.1, 0.15) is 38.1 Å². The predicted molar refractivity (Wildman–Crippen MR) is 93.6 cm³/mol. The van der Waals surface area contributed by atoms with Gasteiger partial charge in [-0.2, -0.15) is 0 Å². The molecule has 1 fully saturated rings. The number of nitrogen functional groups attached to an aromatic ring is 1. The number of nitrogens with zero attached hydrogens (tertiary/aromatic N) is 1. The molecule has 0 radical (unpaired) electrons. The summed E-state index contributed by atoms with van der Waals surface area (Å²) in [4.78, 5) is 25.2. The molecule has 1 aliphatic heterocycles. The van der Waals surface area contributed by atoms with Crippen LogP contribution in [-0.2, 0) is 9.47 Å². The molecule has 1 saturated heterocycles. The van der Waals surface area contributed by atoms with Crippen LogP contribution >= 0.6 is 0 Å². The van der Waals surface area contributed by atoms with Crippen molar-refractivity contribution in [2.24, 2.45) is 5.92 Å². The number of hydrogen-bond acceptors (Lipinski definition) is 6. The second kappa shape index (κ2) is 7.63. The Morgan fingerprint density at radius 2 is 1.96 bits per heavy atom. The summed E-state index contributed by atoms with van der Waals surface area (Å²) in [5.74, 6) is 0.341. The topological polar surface area (TPSA) is 91.1 Å². The Balaban J connectivity index is 1.80. The van der Waals surface area contributed by atoms with Crippen molar-refractivity contribution in [2.45, 2.75) is 33.3 Å². The van der Waals surface area contributed by atoms with Crippen LogP contribution in [-0.4, -0.2) is 48.9 Å². The highest BCUT2D eigenvalue weighted by molar-refractivity contribution is 5.91. The number of rotatable bonds is 5. The first-order valence-electron chi connectivity index (χ1n) is 8.37. The molecule has 0 saturated carbocycles. The third-order valence-electron chi connectivity index (χ3n) is 3.60. The highest BCUT2D eigenvalue weighted by atomic mass is 16.6. The van der Waals surface area contributed by atoms with Crippen LogP contribution < -0.4 is 10.5 Å². The van der Waals surface area contributed by atoms with E-state index in [1.165, 1.54) is 0 Å². The van der Waals surface area contributed by atoms with E-state index in [0.717, 1.165) is 0 Å². The van der Waals surface area contributed by atoms with Crippen molar-refractivity contribution < 1.29 is 23.8 Å². The lowest BCUT2D eigenvalue weighted by atomic mass is 10.0. The Hall–Kier alpha value is -2.44. The molecule has 0 aromatic heterocycles. The summed E-state index contributed by atoms with van der Waals surface area (Å²) >= 11 is 0. The number of carbonyl (C=O) groups is 2. The summed E-state index contributed by atoms with van der Waals surface area (Å²) in [6.45, 7) is 9.22. The standard InChI is InChI=1S/C18H26N2O5/c1-5-23-16(21)13-6-7-15(14(19)8-13)24-11-12-9-20(10-12)17(22)25-18(2,3)4/h6-8,12H,5,9-11,19H2,1-4H3. The van der Waals surface area contributed by atoms with Crippen LogP contribution in [0.25, 0.3) is 0 Å². The SMILES string of the molecule is CCOC(=O)c1ccc(OCC2CN(C(=O)OC(C)(C)C)C2)c(N)c1. The van der Waals surface area contributed by atoms with Gasteiger partial charge in [0.05, 0.1) is 24.5 Å². The fourth-order valence-electron chi connectivity index (χ4n) is 2.38. The molecule has 0 bridgehead atoms. The van der Waals surface area contributed by atoms with Crippen LogP contribution in [0.2, 0.25) is 0 Å². The molecule has 7 heteroatoms. The molecule has 1 aliphatic rings. The molecule has 2 rings (SSSR count). The van der Waals surface area contributed by atoms with E-state index >= 15 is 0 Å². The van der Waals surface area contributed by atoms with E-state index in [-0.39, 0.29) is 12.0 Å². The number of esters is 1. The number of hydrogen-bond donors (Lipinski definition) is 1. The van der Waals surface area contributed by atoms with E-state index in [9.17, 15) is 9.59 Å². The first-order chi connectivity index (χ1) is 11.7. The van der Waals surface area contributed by atoms with Gasteiger partial charge in [-0.1, -0.05) is 0 Å². The molecule has 1 amide bonds. The maximum atomic E-state index is 11.9.